The number of ether oxygens (including phenoxy) is 2. The summed E-state index contributed by atoms with van der Waals surface area (Å²) in [5, 5.41) is 4.84. The standard InChI is InChI=1S/C18H17F5N2O3/c1-10(13-5-3-11(19)7-14(13)20)24-17(26)25-12-4-6-15(27-2)16(8-12)28-9-18(21,22)23/h3-8,10H,9H2,1-2H3,(H2,24,25,26). The average molecular weight is 404 g/mol. The Morgan fingerprint density at radius 2 is 1.82 bits per heavy atom. The van der Waals surface area contributed by atoms with Crippen molar-refractivity contribution in [1.29, 1.82) is 0 Å². The second-order valence-corrected chi connectivity index (χ2v) is 5.76. The van der Waals surface area contributed by atoms with Crippen molar-refractivity contribution in [3.05, 3.63) is 53.6 Å². The summed E-state index contributed by atoms with van der Waals surface area (Å²) in [5.41, 5.74) is 0.197. The predicted molar refractivity (Wildman–Crippen MR) is 91.5 cm³/mol. The van der Waals surface area contributed by atoms with Gasteiger partial charge in [0.25, 0.3) is 0 Å². The van der Waals surface area contributed by atoms with E-state index in [1.807, 2.05) is 0 Å². The second-order valence-electron chi connectivity index (χ2n) is 5.76. The number of benzene rings is 2. The van der Waals surface area contributed by atoms with Gasteiger partial charge in [0.05, 0.1) is 13.2 Å². The Labute approximate surface area is 157 Å². The maximum absolute atomic E-state index is 13.8. The number of amides is 2. The Kier molecular flexibility index (Phi) is 6.66. The van der Waals surface area contributed by atoms with Crippen LogP contribution in [0.25, 0.3) is 0 Å². The van der Waals surface area contributed by atoms with Crippen molar-refractivity contribution in [1.82, 2.24) is 5.32 Å². The van der Waals surface area contributed by atoms with Gasteiger partial charge in [0.15, 0.2) is 18.1 Å². The number of hydrogen-bond donors (Lipinski definition) is 2. The van der Waals surface area contributed by atoms with Crippen LogP contribution in [0.5, 0.6) is 11.5 Å². The number of rotatable bonds is 6. The fraction of sp³-hybridized carbons (Fsp3) is 0.278. The Bertz CT molecular complexity index is 842. The van der Waals surface area contributed by atoms with E-state index < -0.39 is 36.5 Å². The molecule has 28 heavy (non-hydrogen) atoms. The molecule has 2 amide bonds. The van der Waals surface area contributed by atoms with Crippen LogP contribution in [0, 0.1) is 11.6 Å². The number of carbonyl (C=O) groups excluding carboxylic acids is 1. The minimum Gasteiger partial charge on any atom is -0.493 e. The molecular weight excluding hydrogens is 387 g/mol. The van der Waals surface area contributed by atoms with Crippen LogP contribution in [0.4, 0.5) is 32.4 Å². The molecule has 10 heteroatoms. The zero-order chi connectivity index (χ0) is 20.9. The minimum atomic E-state index is -4.54. The molecular formula is C18H17F5N2O3. The summed E-state index contributed by atoms with van der Waals surface area (Å²) in [7, 11) is 1.26. The highest BCUT2D eigenvalue weighted by molar-refractivity contribution is 5.89. The lowest BCUT2D eigenvalue weighted by molar-refractivity contribution is -0.153. The first-order valence-corrected chi connectivity index (χ1v) is 7.99. The number of methoxy groups -OCH3 is 1. The van der Waals surface area contributed by atoms with Gasteiger partial charge in [-0.1, -0.05) is 6.07 Å². The number of nitrogens with one attached hydrogen (secondary N) is 2. The summed E-state index contributed by atoms with van der Waals surface area (Å²) >= 11 is 0. The summed E-state index contributed by atoms with van der Waals surface area (Å²) in [5.74, 6) is -1.73. The van der Waals surface area contributed by atoms with Crippen LogP contribution in [0.15, 0.2) is 36.4 Å². The Morgan fingerprint density at radius 1 is 1.11 bits per heavy atom. The largest absolute Gasteiger partial charge is 0.493 e. The number of urea groups is 1. The van der Waals surface area contributed by atoms with Crippen LogP contribution in [0.3, 0.4) is 0 Å². The van der Waals surface area contributed by atoms with E-state index in [2.05, 4.69) is 15.4 Å². The van der Waals surface area contributed by atoms with Crippen LogP contribution >= 0.6 is 0 Å². The van der Waals surface area contributed by atoms with Gasteiger partial charge in [0, 0.05) is 23.4 Å². The zero-order valence-electron chi connectivity index (χ0n) is 14.9. The van der Waals surface area contributed by atoms with Gasteiger partial charge in [0.2, 0.25) is 0 Å². The van der Waals surface area contributed by atoms with Gasteiger partial charge in [-0.15, -0.1) is 0 Å². The third kappa shape index (κ3) is 6.00. The third-order valence-corrected chi connectivity index (χ3v) is 3.59. The van der Waals surface area contributed by atoms with E-state index >= 15 is 0 Å². The Balaban J connectivity index is 2.06. The molecule has 0 saturated heterocycles. The van der Waals surface area contributed by atoms with Crippen molar-refractivity contribution < 1.29 is 36.2 Å². The van der Waals surface area contributed by atoms with Gasteiger partial charge < -0.3 is 20.1 Å². The van der Waals surface area contributed by atoms with Crippen molar-refractivity contribution in [2.75, 3.05) is 19.0 Å². The van der Waals surface area contributed by atoms with E-state index in [0.29, 0.717) is 6.07 Å². The van der Waals surface area contributed by atoms with Gasteiger partial charge in [-0.25, -0.2) is 13.6 Å². The molecule has 0 aliphatic carbocycles. The van der Waals surface area contributed by atoms with Gasteiger partial charge in [-0.2, -0.15) is 13.2 Å². The summed E-state index contributed by atoms with van der Waals surface area (Å²) in [6.45, 7) is -0.0400. The van der Waals surface area contributed by atoms with Crippen molar-refractivity contribution in [2.45, 2.75) is 19.1 Å². The topological polar surface area (TPSA) is 59.6 Å². The van der Waals surface area contributed by atoms with Crippen LogP contribution in [-0.2, 0) is 0 Å². The maximum atomic E-state index is 13.8. The third-order valence-electron chi connectivity index (χ3n) is 3.59. The van der Waals surface area contributed by atoms with Crippen LogP contribution in [0.1, 0.15) is 18.5 Å². The molecule has 0 aliphatic rings. The fourth-order valence-corrected chi connectivity index (χ4v) is 2.32. The quantitative estimate of drug-likeness (QED) is 0.681. The zero-order valence-corrected chi connectivity index (χ0v) is 14.9. The molecule has 2 rings (SSSR count). The van der Waals surface area contributed by atoms with E-state index in [0.717, 1.165) is 12.1 Å². The lowest BCUT2D eigenvalue weighted by Gasteiger charge is -2.17. The molecule has 0 aromatic heterocycles. The van der Waals surface area contributed by atoms with E-state index in [-0.39, 0.29) is 22.7 Å². The highest BCUT2D eigenvalue weighted by Gasteiger charge is 2.29. The first-order valence-electron chi connectivity index (χ1n) is 7.99. The molecule has 0 aliphatic heterocycles. The molecule has 0 saturated carbocycles. The molecule has 152 valence electrons. The van der Waals surface area contributed by atoms with Crippen LogP contribution < -0.4 is 20.1 Å². The molecule has 0 radical (unpaired) electrons. The van der Waals surface area contributed by atoms with Crippen LogP contribution in [-0.4, -0.2) is 25.9 Å². The molecule has 2 aromatic carbocycles. The van der Waals surface area contributed by atoms with Gasteiger partial charge in [-0.3, -0.25) is 0 Å². The lowest BCUT2D eigenvalue weighted by Crippen LogP contribution is -2.31. The van der Waals surface area contributed by atoms with E-state index in [1.165, 1.54) is 32.2 Å². The molecule has 1 atom stereocenters. The van der Waals surface area contributed by atoms with Crippen LogP contribution in [0.2, 0.25) is 0 Å². The first kappa shape index (κ1) is 21.3. The number of halogens is 5. The molecule has 1 unspecified atom stereocenters. The summed E-state index contributed by atoms with van der Waals surface area (Å²) in [6, 6.07) is 5.29. The fourth-order valence-electron chi connectivity index (χ4n) is 2.32. The number of alkyl halides is 3. The molecule has 2 aromatic rings. The normalized spacial score (nSPS) is 12.2. The highest BCUT2D eigenvalue weighted by Crippen LogP contribution is 2.31. The van der Waals surface area contributed by atoms with Crippen molar-refractivity contribution in [3.8, 4) is 11.5 Å². The molecule has 2 N–H and O–H groups in total. The van der Waals surface area contributed by atoms with Gasteiger partial charge in [-0.05, 0) is 25.1 Å². The molecule has 0 bridgehead atoms. The molecule has 5 nitrogen and oxygen atoms in total. The van der Waals surface area contributed by atoms with E-state index in [1.54, 1.807) is 0 Å². The lowest BCUT2D eigenvalue weighted by atomic mass is 10.1. The van der Waals surface area contributed by atoms with Gasteiger partial charge >= 0.3 is 12.2 Å². The van der Waals surface area contributed by atoms with Crippen molar-refractivity contribution in [2.24, 2.45) is 0 Å². The predicted octanol–water partition coefficient (Wildman–Crippen LogP) is 4.80. The minimum absolute atomic E-state index is 0.0527. The smallest absolute Gasteiger partial charge is 0.422 e. The van der Waals surface area contributed by atoms with Crippen molar-refractivity contribution in [3.63, 3.8) is 0 Å². The highest BCUT2D eigenvalue weighted by atomic mass is 19.4. The average Bonchev–Trinajstić information content (AvgIpc) is 2.59. The van der Waals surface area contributed by atoms with E-state index in [4.69, 9.17) is 4.74 Å². The maximum Gasteiger partial charge on any atom is 0.422 e. The van der Waals surface area contributed by atoms with Gasteiger partial charge in [0.1, 0.15) is 11.6 Å². The number of hydrogen-bond acceptors (Lipinski definition) is 3. The number of anilines is 1. The summed E-state index contributed by atoms with van der Waals surface area (Å²) in [4.78, 5) is 12.1. The SMILES string of the molecule is COc1ccc(NC(=O)NC(C)c2ccc(F)cc2F)cc1OCC(F)(F)F. The van der Waals surface area contributed by atoms with E-state index in [9.17, 15) is 26.7 Å². The summed E-state index contributed by atoms with van der Waals surface area (Å²) in [6.07, 6.45) is -4.54. The summed E-state index contributed by atoms with van der Waals surface area (Å²) < 4.78 is 73.4. The Morgan fingerprint density at radius 3 is 2.43 bits per heavy atom. The Hall–Kier alpha value is -3.04. The number of carbonyl (C=O) groups is 1. The van der Waals surface area contributed by atoms with Crippen molar-refractivity contribution >= 4 is 11.7 Å². The first-order chi connectivity index (χ1) is 13.1. The monoisotopic (exact) mass is 404 g/mol. The second kappa shape index (κ2) is 8.77. The molecule has 0 spiro atoms. The molecule has 0 fully saturated rings. The molecule has 0 heterocycles.